The predicted molar refractivity (Wildman–Crippen MR) is 101 cm³/mol. The zero-order valence-corrected chi connectivity index (χ0v) is 16.5. The first-order valence-corrected chi connectivity index (χ1v) is 11.1. The second kappa shape index (κ2) is 8.94. The van der Waals surface area contributed by atoms with Crippen LogP contribution in [0.15, 0.2) is 18.5 Å². The van der Waals surface area contributed by atoms with Gasteiger partial charge in [0.1, 0.15) is 0 Å². The Labute approximate surface area is 160 Å². The van der Waals surface area contributed by atoms with E-state index in [0.29, 0.717) is 45.3 Å². The van der Waals surface area contributed by atoms with Gasteiger partial charge in [-0.1, -0.05) is 0 Å². The lowest BCUT2D eigenvalue weighted by atomic mass is 10.2. The van der Waals surface area contributed by atoms with Gasteiger partial charge in [0.2, 0.25) is 21.9 Å². The maximum absolute atomic E-state index is 12.5. The SMILES string of the molecule is CS(=O)(=O)N(CCC(=O)N1CCN(c2ncccn2)CC1)CC1CCCO1. The van der Waals surface area contributed by atoms with Gasteiger partial charge in [-0.15, -0.1) is 0 Å². The Morgan fingerprint density at radius 3 is 2.56 bits per heavy atom. The summed E-state index contributed by atoms with van der Waals surface area (Å²) in [5, 5.41) is 0. The first kappa shape index (κ1) is 20.0. The van der Waals surface area contributed by atoms with Gasteiger partial charge in [-0.3, -0.25) is 4.79 Å². The van der Waals surface area contributed by atoms with Crippen LogP contribution in [-0.2, 0) is 19.6 Å². The van der Waals surface area contributed by atoms with Crippen LogP contribution in [0.1, 0.15) is 19.3 Å². The molecule has 0 saturated carbocycles. The molecule has 1 aromatic rings. The molecular weight excluding hydrogens is 370 g/mol. The second-order valence-corrected chi connectivity index (χ2v) is 8.91. The van der Waals surface area contributed by atoms with E-state index in [1.807, 2.05) is 4.90 Å². The molecule has 0 radical (unpaired) electrons. The van der Waals surface area contributed by atoms with Crippen molar-refractivity contribution in [3.8, 4) is 0 Å². The van der Waals surface area contributed by atoms with E-state index in [-0.39, 0.29) is 25.0 Å². The molecule has 1 amide bonds. The number of nitrogens with zero attached hydrogens (tertiary/aromatic N) is 5. The minimum absolute atomic E-state index is 0.0235. The highest BCUT2D eigenvalue weighted by Crippen LogP contribution is 2.16. The number of carbonyl (C=O) groups is 1. The van der Waals surface area contributed by atoms with Crippen molar-refractivity contribution < 1.29 is 17.9 Å². The molecule has 2 saturated heterocycles. The van der Waals surface area contributed by atoms with Gasteiger partial charge < -0.3 is 14.5 Å². The fourth-order valence-electron chi connectivity index (χ4n) is 3.40. The third kappa shape index (κ3) is 5.60. The molecule has 0 N–H and O–H groups in total. The van der Waals surface area contributed by atoms with Crippen LogP contribution in [0.3, 0.4) is 0 Å². The molecule has 2 aliphatic rings. The van der Waals surface area contributed by atoms with Gasteiger partial charge in [0, 0.05) is 64.7 Å². The smallest absolute Gasteiger partial charge is 0.225 e. The minimum atomic E-state index is -3.37. The van der Waals surface area contributed by atoms with E-state index in [2.05, 4.69) is 9.97 Å². The maximum Gasteiger partial charge on any atom is 0.225 e. The number of amides is 1. The number of sulfonamides is 1. The van der Waals surface area contributed by atoms with Gasteiger partial charge in [-0.2, -0.15) is 4.31 Å². The van der Waals surface area contributed by atoms with Gasteiger partial charge in [0.05, 0.1) is 12.4 Å². The molecule has 1 aromatic heterocycles. The minimum Gasteiger partial charge on any atom is -0.377 e. The highest BCUT2D eigenvalue weighted by molar-refractivity contribution is 7.88. The summed E-state index contributed by atoms with van der Waals surface area (Å²) in [5.41, 5.74) is 0. The number of carbonyl (C=O) groups excluding carboxylic acids is 1. The third-order valence-electron chi connectivity index (χ3n) is 4.94. The molecule has 0 aromatic carbocycles. The number of hydrogen-bond donors (Lipinski definition) is 0. The summed E-state index contributed by atoms with van der Waals surface area (Å²) in [7, 11) is -3.37. The van der Waals surface area contributed by atoms with Crippen LogP contribution >= 0.6 is 0 Å². The Bertz CT molecular complexity index is 716. The van der Waals surface area contributed by atoms with Crippen molar-refractivity contribution in [2.24, 2.45) is 0 Å². The standard InChI is InChI=1S/C17H27N5O4S/c1-27(24,25)22(14-15-4-2-13-26-15)8-5-16(23)20-9-11-21(12-10-20)17-18-6-3-7-19-17/h3,6-7,15H,2,4-5,8-14H2,1H3. The van der Waals surface area contributed by atoms with Crippen LogP contribution in [0.25, 0.3) is 0 Å². The monoisotopic (exact) mass is 397 g/mol. The van der Waals surface area contributed by atoms with E-state index in [0.717, 1.165) is 12.8 Å². The Morgan fingerprint density at radius 1 is 1.26 bits per heavy atom. The van der Waals surface area contributed by atoms with E-state index < -0.39 is 10.0 Å². The highest BCUT2D eigenvalue weighted by atomic mass is 32.2. The summed E-state index contributed by atoms with van der Waals surface area (Å²) in [5.74, 6) is 0.647. The molecule has 3 rings (SSSR count). The fourth-order valence-corrected chi connectivity index (χ4v) is 4.26. The Balaban J connectivity index is 1.48. The van der Waals surface area contributed by atoms with E-state index in [1.54, 1.807) is 23.4 Å². The lowest BCUT2D eigenvalue weighted by molar-refractivity contribution is -0.131. The summed E-state index contributed by atoms with van der Waals surface area (Å²) >= 11 is 0. The van der Waals surface area contributed by atoms with Gasteiger partial charge in [-0.05, 0) is 18.9 Å². The number of anilines is 1. The number of hydrogen-bond acceptors (Lipinski definition) is 7. The van der Waals surface area contributed by atoms with Crippen LogP contribution < -0.4 is 4.90 Å². The third-order valence-corrected chi connectivity index (χ3v) is 6.21. The maximum atomic E-state index is 12.5. The molecule has 150 valence electrons. The van der Waals surface area contributed by atoms with Crippen molar-refractivity contribution in [1.29, 1.82) is 0 Å². The predicted octanol–water partition coefficient (Wildman–Crippen LogP) is -0.0441. The van der Waals surface area contributed by atoms with Crippen molar-refractivity contribution >= 4 is 21.9 Å². The number of rotatable bonds is 7. The molecule has 3 heterocycles. The van der Waals surface area contributed by atoms with Gasteiger partial charge in [0.15, 0.2) is 0 Å². The molecule has 2 fully saturated rings. The molecule has 9 nitrogen and oxygen atoms in total. The summed E-state index contributed by atoms with van der Waals surface area (Å²) in [6.07, 6.45) is 6.53. The molecule has 2 aliphatic heterocycles. The van der Waals surface area contributed by atoms with Gasteiger partial charge >= 0.3 is 0 Å². The van der Waals surface area contributed by atoms with Crippen LogP contribution in [0.5, 0.6) is 0 Å². The molecule has 1 atom stereocenters. The lowest BCUT2D eigenvalue weighted by Gasteiger charge is -2.35. The highest BCUT2D eigenvalue weighted by Gasteiger charge is 2.27. The van der Waals surface area contributed by atoms with Gasteiger partial charge in [-0.25, -0.2) is 18.4 Å². The molecule has 0 spiro atoms. The normalized spacial score (nSPS) is 21.0. The summed E-state index contributed by atoms with van der Waals surface area (Å²) < 4.78 is 31.0. The largest absolute Gasteiger partial charge is 0.377 e. The van der Waals surface area contributed by atoms with E-state index in [9.17, 15) is 13.2 Å². The van der Waals surface area contributed by atoms with Crippen molar-refractivity contribution in [3.05, 3.63) is 18.5 Å². The average Bonchev–Trinajstić information content (AvgIpc) is 3.18. The van der Waals surface area contributed by atoms with E-state index in [4.69, 9.17) is 4.74 Å². The van der Waals surface area contributed by atoms with E-state index in [1.165, 1.54) is 10.6 Å². The Hall–Kier alpha value is -1.78. The van der Waals surface area contributed by atoms with Crippen molar-refractivity contribution in [3.63, 3.8) is 0 Å². The van der Waals surface area contributed by atoms with Crippen molar-refractivity contribution in [2.75, 3.05) is 57.0 Å². The molecular formula is C17H27N5O4S. The summed E-state index contributed by atoms with van der Waals surface area (Å²) in [6.45, 7) is 3.70. The molecule has 1 unspecified atom stereocenters. The number of aromatic nitrogens is 2. The zero-order chi connectivity index (χ0) is 19.3. The topological polar surface area (TPSA) is 95.9 Å². The first-order valence-electron chi connectivity index (χ1n) is 9.30. The molecule has 0 aliphatic carbocycles. The summed E-state index contributed by atoms with van der Waals surface area (Å²) in [4.78, 5) is 24.8. The average molecular weight is 398 g/mol. The first-order chi connectivity index (χ1) is 12.9. The second-order valence-electron chi connectivity index (χ2n) is 6.92. The molecule has 0 bridgehead atoms. The molecule has 10 heteroatoms. The number of ether oxygens (including phenoxy) is 1. The zero-order valence-electron chi connectivity index (χ0n) is 15.7. The lowest BCUT2D eigenvalue weighted by Crippen LogP contribution is -2.50. The fraction of sp³-hybridized carbons (Fsp3) is 0.706. The quantitative estimate of drug-likeness (QED) is 0.637. The Morgan fingerprint density at radius 2 is 1.96 bits per heavy atom. The Kier molecular flexibility index (Phi) is 6.61. The summed E-state index contributed by atoms with van der Waals surface area (Å²) in [6, 6.07) is 1.77. The van der Waals surface area contributed by atoms with Crippen LogP contribution in [0.4, 0.5) is 5.95 Å². The molecule has 27 heavy (non-hydrogen) atoms. The van der Waals surface area contributed by atoms with Crippen LogP contribution in [0.2, 0.25) is 0 Å². The van der Waals surface area contributed by atoms with Crippen LogP contribution in [0, 0.1) is 0 Å². The van der Waals surface area contributed by atoms with E-state index >= 15 is 0 Å². The van der Waals surface area contributed by atoms with Gasteiger partial charge in [0.25, 0.3) is 0 Å². The van der Waals surface area contributed by atoms with Crippen molar-refractivity contribution in [1.82, 2.24) is 19.2 Å². The number of piperazine rings is 1. The van der Waals surface area contributed by atoms with Crippen LogP contribution in [-0.4, -0.2) is 91.7 Å². The van der Waals surface area contributed by atoms with Crippen molar-refractivity contribution in [2.45, 2.75) is 25.4 Å².